The van der Waals surface area contributed by atoms with Crippen molar-refractivity contribution in [1.29, 1.82) is 0 Å². The van der Waals surface area contributed by atoms with Crippen LogP contribution in [0.25, 0.3) is 11.0 Å². The van der Waals surface area contributed by atoms with Crippen LogP contribution in [0.1, 0.15) is 5.56 Å². The summed E-state index contributed by atoms with van der Waals surface area (Å²) in [6, 6.07) is 8.30. The van der Waals surface area contributed by atoms with E-state index < -0.39 is 0 Å². The lowest BCUT2D eigenvalue weighted by atomic mass is 10.3. The van der Waals surface area contributed by atoms with Gasteiger partial charge in [-0.25, -0.2) is 0 Å². The standard InChI is InChI=1S/C12H9BrN2S2/c13-9-1-2-11-10(5-9)14-12(16)15(11)6-8-3-4-17-7-8/h1-5,7H,6H2,(H,14,16). The van der Waals surface area contributed by atoms with E-state index in [1.165, 1.54) is 5.56 Å². The largest absolute Gasteiger partial charge is 0.331 e. The molecule has 5 heteroatoms. The lowest BCUT2D eigenvalue weighted by Gasteiger charge is -2.02. The summed E-state index contributed by atoms with van der Waals surface area (Å²) in [6.07, 6.45) is 0. The average Bonchev–Trinajstić information content (AvgIpc) is 2.88. The third-order valence-corrected chi connectivity index (χ3v) is 4.20. The summed E-state index contributed by atoms with van der Waals surface area (Å²) in [7, 11) is 0. The Hall–Kier alpha value is -0.910. The van der Waals surface area contributed by atoms with Crippen LogP contribution in [0, 0.1) is 4.77 Å². The van der Waals surface area contributed by atoms with Gasteiger partial charge in [0, 0.05) is 4.47 Å². The molecule has 2 aromatic heterocycles. The van der Waals surface area contributed by atoms with Gasteiger partial charge in [-0.15, -0.1) is 0 Å². The molecule has 0 aliphatic rings. The van der Waals surface area contributed by atoms with Crippen LogP contribution >= 0.6 is 39.5 Å². The van der Waals surface area contributed by atoms with Gasteiger partial charge in [0.2, 0.25) is 0 Å². The number of hydrogen-bond donors (Lipinski definition) is 1. The fourth-order valence-corrected chi connectivity index (χ4v) is 3.15. The van der Waals surface area contributed by atoms with Crippen molar-refractivity contribution in [1.82, 2.24) is 9.55 Å². The van der Waals surface area contributed by atoms with Crippen molar-refractivity contribution >= 4 is 50.5 Å². The summed E-state index contributed by atoms with van der Waals surface area (Å²) in [6.45, 7) is 0.823. The first-order valence-corrected chi connectivity index (χ1v) is 7.27. The Balaban J connectivity index is 2.16. The van der Waals surface area contributed by atoms with Gasteiger partial charge >= 0.3 is 0 Å². The number of nitrogens with one attached hydrogen (secondary N) is 1. The summed E-state index contributed by atoms with van der Waals surface area (Å²) in [5.41, 5.74) is 3.50. The van der Waals surface area contributed by atoms with Crippen LogP contribution in [-0.2, 0) is 6.54 Å². The fraction of sp³-hybridized carbons (Fsp3) is 0.0833. The second kappa shape index (κ2) is 4.40. The maximum Gasteiger partial charge on any atom is 0.178 e. The molecule has 2 heterocycles. The van der Waals surface area contributed by atoms with Crippen LogP contribution in [-0.4, -0.2) is 9.55 Å². The molecule has 86 valence electrons. The minimum atomic E-state index is 0.768. The Morgan fingerprint density at radius 3 is 3.00 bits per heavy atom. The molecule has 0 aliphatic heterocycles. The molecule has 0 spiro atoms. The van der Waals surface area contributed by atoms with Crippen molar-refractivity contribution in [3.63, 3.8) is 0 Å². The normalized spacial score (nSPS) is 11.1. The van der Waals surface area contributed by atoms with E-state index in [0.717, 1.165) is 26.8 Å². The number of imidazole rings is 1. The van der Waals surface area contributed by atoms with Crippen molar-refractivity contribution < 1.29 is 0 Å². The first kappa shape index (κ1) is 11.2. The minimum absolute atomic E-state index is 0.768. The number of fused-ring (bicyclic) bond motifs is 1. The third kappa shape index (κ3) is 2.10. The molecule has 0 saturated heterocycles. The highest BCUT2D eigenvalue weighted by Crippen LogP contribution is 2.21. The van der Waals surface area contributed by atoms with E-state index in [9.17, 15) is 0 Å². The van der Waals surface area contributed by atoms with Crippen LogP contribution < -0.4 is 0 Å². The molecular formula is C12H9BrN2S2. The molecule has 0 unspecified atom stereocenters. The monoisotopic (exact) mass is 324 g/mol. The number of benzene rings is 1. The fourth-order valence-electron chi connectivity index (χ4n) is 1.86. The molecule has 0 saturated carbocycles. The lowest BCUT2D eigenvalue weighted by Crippen LogP contribution is -1.97. The van der Waals surface area contributed by atoms with Crippen molar-refractivity contribution in [2.75, 3.05) is 0 Å². The molecule has 0 radical (unpaired) electrons. The zero-order valence-electron chi connectivity index (χ0n) is 8.81. The molecule has 2 nitrogen and oxygen atoms in total. The first-order valence-electron chi connectivity index (χ1n) is 5.13. The van der Waals surface area contributed by atoms with Gasteiger partial charge in [-0.1, -0.05) is 15.9 Å². The molecule has 0 amide bonds. The van der Waals surface area contributed by atoms with E-state index in [-0.39, 0.29) is 0 Å². The number of nitrogens with zero attached hydrogens (tertiary/aromatic N) is 1. The van der Waals surface area contributed by atoms with Crippen molar-refractivity contribution in [2.45, 2.75) is 6.54 Å². The molecule has 0 aliphatic carbocycles. The van der Waals surface area contributed by atoms with Gasteiger partial charge in [0.1, 0.15) is 0 Å². The summed E-state index contributed by atoms with van der Waals surface area (Å²) >= 11 is 10.5. The van der Waals surface area contributed by atoms with Crippen LogP contribution in [0.5, 0.6) is 0 Å². The Kier molecular flexibility index (Phi) is 2.90. The second-order valence-electron chi connectivity index (χ2n) is 3.81. The second-order valence-corrected chi connectivity index (χ2v) is 5.89. The predicted octanol–water partition coefficient (Wildman–Crippen LogP) is 4.57. The zero-order chi connectivity index (χ0) is 11.8. The molecule has 3 aromatic rings. The third-order valence-electron chi connectivity index (χ3n) is 2.66. The number of H-pyrrole nitrogens is 1. The van der Waals surface area contributed by atoms with Crippen LogP contribution in [0.4, 0.5) is 0 Å². The molecule has 0 atom stereocenters. The van der Waals surface area contributed by atoms with Crippen molar-refractivity contribution in [3.8, 4) is 0 Å². The summed E-state index contributed by atoms with van der Waals surface area (Å²) in [5, 5.41) is 4.24. The smallest absolute Gasteiger partial charge is 0.178 e. The van der Waals surface area contributed by atoms with Crippen LogP contribution in [0.15, 0.2) is 39.5 Å². The van der Waals surface area contributed by atoms with Crippen molar-refractivity contribution in [3.05, 3.63) is 49.8 Å². The Morgan fingerprint density at radius 1 is 1.35 bits per heavy atom. The van der Waals surface area contributed by atoms with Gasteiger partial charge in [0.05, 0.1) is 17.6 Å². The highest BCUT2D eigenvalue weighted by molar-refractivity contribution is 9.10. The summed E-state index contributed by atoms with van der Waals surface area (Å²) < 4.78 is 3.95. The maximum absolute atomic E-state index is 5.36. The highest BCUT2D eigenvalue weighted by atomic mass is 79.9. The summed E-state index contributed by atoms with van der Waals surface area (Å²) in [5.74, 6) is 0. The number of halogens is 1. The summed E-state index contributed by atoms with van der Waals surface area (Å²) in [4.78, 5) is 3.23. The SMILES string of the molecule is S=c1[nH]c2cc(Br)ccc2n1Cc1ccsc1. The molecule has 0 bridgehead atoms. The number of aromatic amines is 1. The van der Waals surface area contributed by atoms with Crippen molar-refractivity contribution in [2.24, 2.45) is 0 Å². The topological polar surface area (TPSA) is 20.7 Å². The molecular weight excluding hydrogens is 316 g/mol. The number of thiophene rings is 1. The molecule has 0 fully saturated rings. The first-order chi connectivity index (χ1) is 8.24. The minimum Gasteiger partial charge on any atom is -0.331 e. The molecule has 1 N–H and O–H groups in total. The Morgan fingerprint density at radius 2 is 2.24 bits per heavy atom. The predicted molar refractivity (Wildman–Crippen MR) is 78.2 cm³/mol. The molecule has 17 heavy (non-hydrogen) atoms. The van der Waals surface area contributed by atoms with E-state index in [1.807, 2.05) is 6.07 Å². The van der Waals surface area contributed by atoms with Gasteiger partial charge in [-0.05, 0) is 52.8 Å². The number of rotatable bonds is 2. The van der Waals surface area contributed by atoms with Gasteiger partial charge in [-0.3, -0.25) is 0 Å². The Labute approximate surface area is 116 Å². The zero-order valence-corrected chi connectivity index (χ0v) is 12.0. The van der Waals surface area contributed by atoms with Crippen LogP contribution in [0.2, 0.25) is 0 Å². The molecule has 3 rings (SSSR count). The van der Waals surface area contributed by atoms with Gasteiger partial charge in [0.15, 0.2) is 4.77 Å². The number of aromatic nitrogens is 2. The van der Waals surface area contributed by atoms with E-state index in [2.05, 4.69) is 54.4 Å². The number of hydrogen-bond acceptors (Lipinski definition) is 2. The molecule has 1 aromatic carbocycles. The van der Waals surface area contributed by atoms with Gasteiger partial charge in [0.25, 0.3) is 0 Å². The lowest BCUT2D eigenvalue weighted by molar-refractivity contribution is 0.813. The highest BCUT2D eigenvalue weighted by Gasteiger charge is 2.05. The van der Waals surface area contributed by atoms with Crippen LogP contribution in [0.3, 0.4) is 0 Å². The van der Waals surface area contributed by atoms with Gasteiger partial charge in [-0.2, -0.15) is 11.3 Å². The van der Waals surface area contributed by atoms with E-state index in [1.54, 1.807) is 11.3 Å². The average molecular weight is 325 g/mol. The van der Waals surface area contributed by atoms with Gasteiger partial charge < -0.3 is 9.55 Å². The Bertz CT molecular complexity index is 710. The quantitative estimate of drug-likeness (QED) is 0.685. The maximum atomic E-state index is 5.36. The van der Waals surface area contributed by atoms with E-state index in [0.29, 0.717) is 0 Å². The van der Waals surface area contributed by atoms with E-state index in [4.69, 9.17) is 12.2 Å². The van der Waals surface area contributed by atoms with E-state index >= 15 is 0 Å².